The molecule has 42 heavy (non-hydrogen) atoms. The fraction of sp³-hybridized carbons (Fsp3) is 0.517. The van der Waals surface area contributed by atoms with Gasteiger partial charge in [-0.25, -0.2) is 13.1 Å². The zero-order valence-electron chi connectivity index (χ0n) is 24.1. The quantitative estimate of drug-likeness (QED) is 0.0523. The molecule has 2 aromatic carbocycles. The summed E-state index contributed by atoms with van der Waals surface area (Å²) in [7, 11) is -4.09. The first-order valence-corrected chi connectivity index (χ1v) is 15.8. The molecule has 1 aliphatic heterocycles. The molecule has 1 amide bonds. The highest BCUT2D eigenvalue weighted by Gasteiger charge is 2.28. The molecule has 0 spiro atoms. The molecule has 0 bridgehead atoms. The number of benzene rings is 2. The zero-order chi connectivity index (χ0) is 30.4. The first-order chi connectivity index (χ1) is 20.2. The Morgan fingerprint density at radius 1 is 1.12 bits per heavy atom. The summed E-state index contributed by atoms with van der Waals surface area (Å²) in [4.78, 5) is 39.6. The Labute approximate surface area is 247 Å². The number of fused-ring (bicyclic) bond motifs is 1. The molecule has 1 aliphatic rings. The van der Waals surface area contributed by atoms with E-state index >= 15 is 0 Å². The normalized spacial score (nSPS) is 15.1. The van der Waals surface area contributed by atoms with E-state index in [-0.39, 0.29) is 42.0 Å². The van der Waals surface area contributed by atoms with E-state index in [0.717, 1.165) is 36.7 Å². The number of unbranched alkanes of at least 4 members (excludes halogenated alkanes) is 1. The summed E-state index contributed by atoms with van der Waals surface area (Å²) in [6.07, 6.45) is 4.15. The minimum absolute atomic E-state index is 0.0235. The number of piperidine rings is 1. The standard InChI is InChI=1S/C29H42N6O6S/c1-2-41-29(38)20-31-14-6-5-9-27(36)26(18-28(37)32-19-22-12-15-35(16-13-22)21-33-30)34-42(39,40)25-11-10-23-7-3-4-8-24(23)17-25/h3-4,7-8,10-11,17,21-22,26,31,34H,2,5-6,9,12-16,18-20,30H2,1H3,(H,32,37)/t26-/m0/s1. The van der Waals surface area contributed by atoms with Crippen molar-refractivity contribution in [1.82, 2.24) is 20.3 Å². The summed E-state index contributed by atoms with van der Waals surface area (Å²) in [5.41, 5.74) is 0. The molecular weight excluding hydrogens is 560 g/mol. The second kappa shape index (κ2) is 16.8. The Hall–Kier alpha value is -3.55. The molecule has 230 valence electrons. The number of hydrazone groups is 1. The van der Waals surface area contributed by atoms with Crippen molar-refractivity contribution in [2.24, 2.45) is 16.9 Å². The highest BCUT2D eigenvalue weighted by atomic mass is 32.2. The van der Waals surface area contributed by atoms with Crippen molar-refractivity contribution >= 4 is 44.8 Å². The molecule has 0 radical (unpaired) electrons. The Morgan fingerprint density at radius 3 is 2.57 bits per heavy atom. The Bertz CT molecular complexity index is 1330. The Balaban J connectivity index is 1.59. The average molecular weight is 603 g/mol. The molecule has 1 atom stereocenters. The molecule has 1 heterocycles. The SMILES string of the molecule is CCOC(=O)CNCCCCC(=O)[C@H](CC(=O)NCC1CCN(C=NN)CC1)NS(=O)(=O)c1ccc2ccccc2c1. The van der Waals surface area contributed by atoms with Gasteiger partial charge in [0.05, 0.1) is 24.1 Å². The van der Waals surface area contributed by atoms with E-state index in [1.807, 2.05) is 29.2 Å². The van der Waals surface area contributed by atoms with E-state index in [9.17, 15) is 22.8 Å². The lowest BCUT2D eigenvalue weighted by atomic mass is 9.97. The number of nitrogens with two attached hydrogens (primary N) is 1. The highest BCUT2D eigenvalue weighted by molar-refractivity contribution is 7.89. The fourth-order valence-electron chi connectivity index (χ4n) is 4.82. The van der Waals surface area contributed by atoms with Crippen LogP contribution in [0.25, 0.3) is 10.8 Å². The monoisotopic (exact) mass is 602 g/mol. The molecular formula is C29H42N6O6S. The highest BCUT2D eigenvalue weighted by Crippen LogP contribution is 2.20. The second-order valence-electron chi connectivity index (χ2n) is 10.3. The van der Waals surface area contributed by atoms with E-state index in [2.05, 4.69) is 20.5 Å². The number of sulfonamides is 1. The van der Waals surface area contributed by atoms with Gasteiger partial charge in [-0.15, -0.1) is 0 Å². The molecule has 12 nitrogen and oxygen atoms in total. The number of amides is 1. The third-order valence-corrected chi connectivity index (χ3v) is 8.64. The average Bonchev–Trinajstić information content (AvgIpc) is 2.98. The van der Waals surface area contributed by atoms with Crippen LogP contribution in [0.5, 0.6) is 0 Å². The lowest BCUT2D eigenvalue weighted by Gasteiger charge is -2.30. The van der Waals surface area contributed by atoms with E-state index < -0.39 is 22.0 Å². The van der Waals surface area contributed by atoms with Crippen molar-refractivity contribution in [3.8, 4) is 0 Å². The van der Waals surface area contributed by atoms with Gasteiger partial charge in [0.1, 0.15) is 6.34 Å². The molecule has 13 heteroatoms. The number of nitrogens with zero attached hydrogens (tertiary/aromatic N) is 2. The second-order valence-corrected chi connectivity index (χ2v) is 12.1. The third kappa shape index (κ3) is 10.7. The van der Waals surface area contributed by atoms with E-state index in [4.69, 9.17) is 10.6 Å². The Morgan fingerprint density at radius 2 is 1.86 bits per heavy atom. The van der Waals surface area contributed by atoms with E-state index in [1.54, 1.807) is 25.4 Å². The number of hydrogen-bond donors (Lipinski definition) is 4. The summed E-state index contributed by atoms with van der Waals surface area (Å²) < 4.78 is 34.0. The molecule has 5 N–H and O–H groups in total. The van der Waals surface area contributed by atoms with Crippen LogP contribution in [-0.2, 0) is 29.1 Å². The van der Waals surface area contributed by atoms with Crippen LogP contribution in [0, 0.1) is 5.92 Å². The number of ether oxygens (including phenoxy) is 1. The van der Waals surface area contributed by atoms with Gasteiger partial charge in [-0.3, -0.25) is 14.4 Å². The molecule has 0 aliphatic carbocycles. The van der Waals surface area contributed by atoms with Crippen LogP contribution >= 0.6 is 0 Å². The molecule has 1 saturated heterocycles. The number of esters is 1. The number of Topliss-reactive ketones (excluding diaryl/α,β-unsaturated/α-hetero) is 1. The number of carbonyl (C=O) groups excluding carboxylic acids is 3. The molecule has 2 aromatic rings. The van der Waals surface area contributed by atoms with Gasteiger partial charge < -0.3 is 26.1 Å². The topological polar surface area (TPSA) is 172 Å². The predicted octanol–water partition coefficient (Wildman–Crippen LogP) is 1.50. The van der Waals surface area contributed by atoms with E-state index in [0.29, 0.717) is 32.5 Å². The number of rotatable bonds is 17. The van der Waals surface area contributed by atoms with Gasteiger partial charge in [-0.2, -0.15) is 5.10 Å². The van der Waals surface area contributed by atoms with Crippen LogP contribution in [0.2, 0.25) is 0 Å². The number of hydrogen-bond acceptors (Lipinski definition) is 9. The summed E-state index contributed by atoms with van der Waals surface area (Å²) in [6.45, 7) is 4.62. The lowest BCUT2D eigenvalue weighted by Crippen LogP contribution is -2.45. The van der Waals surface area contributed by atoms with Crippen molar-refractivity contribution in [2.75, 3.05) is 39.3 Å². The van der Waals surface area contributed by atoms with Crippen molar-refractivity contribution < 1.29 is 27.5 Å². The van der Waals surface area contributed by atoms with Crippen molar-refractivity contribution in [1.29, 1.82) is 0 Å². The zero-order valence-corrected chi connectivity index (χ0v) is 24.9. The maximum absolute atomic E-state index is 13.3. The van der Waals surface area contributed by atoms with Crippen LogP contribution in [-0.4, -0.2) is 82.7 Å². The van der Waals surface area contributed by atoms with Crippen LogP contribution in [0.15, 0.2) is 52.5 Å². The number of nitrogens with one attached hydrogen (secondary N) is 3. The first-order valence-electron chi connectivity index (χ1n) is 14.4. The van der Waals surface area contributed by atoms with Gasteiger partial charge in [0.25, 0.3) is 0 Å². The summed E-state index contributed by atoms with van der Waals surface area (Å²) in [5.74, 6) is 4.37. The minimum atomic E-state index is -4.09. The number of carbonyl (C=O) groups is 3. The van der Waals surface area contributed by atoms with Crippen LogP contribution in [0.4, 0.5) is 0 Å². The summed E-state index contributed by atoms with van der Waals surface area (Å²) in [6, 6.07) is 10.9. The maximum atomic E-state index is 13.3. The summed E-state index contributed by atoms with van der Waals surface area (Å²) in [5, 5.41) is 11.0. The van der Waals surface area contributed by atoms with Crippen LogP contribution in [0.3, 0.4) is 0 Å². The van der Waals surface area contributed by atoms with Crippen molar-refractivity contribution in [3.63, 3.8) is 0 Å². The van der Waals surface area contributed by atoms with Gasteiger partial charge in [-0.05, 0) is 68.0 Å². The fourth-order valence-corrected chi connectivity index (χ4v) is 6.07. The Kier molecular flexibility index (Phi) is 13.2. The van der Waals surface area contributed by atoms with Gasteiger partial charge in [0.2, 0.25) is 15.9 Å². The molecule has 0 unspecified atom stereocenters. The van der Waals surface area contributed by atoms with Gasteiger partial charge in [-0.1, -0.05) is 30.3 Å². The summed E-state index contributed by atoms with van der Waals surface area (Å²) >= 11 is 0. The largest absolute Gasteiger partial charge is 0.465 e. The van der Waals surface area contributed by atoms with Gasteiger partial charge in [0, 0.05) is 32.5 Å². The molecule has 1 fully saturated rings. The first kappa shape index (κ1) is 33.0. The number of likely N-dealkylation sites (tertiary alicyclic amines) is 1. The number of ketones is 1. The minimum Gasteiger partial charge on any atom is -0.465 e. The molecule has 0 saturated carbocycles. The van der Waals surface area contributed by atoms with Gasteiger partial charge in [0.15, 0.2) is 5.78 Å². The molecule has 3 rings (SSSR count). The maximum Gasteiger partial charge on any atom is 0.319 e. The van der Waals surface area contributed by atoms with Crippen molar-refractivity contribution in [2.45, 2.75) is 56.4 Å². The van der Waals surface area contributed by atoms with Crippen LogP contribution in [0.1, 0.15) is 45.4 Å². The predicted molar refractivity (Wildman–Crippen MR) is 161 cm³/mol. The lowest BCUT2D eigenvalue weighted by molar-refractivity contribution is -0.142. The van der Waals surface area contributed by atoms with Crippen molar-refractivity contribution in [3.05, 3.63) is 42.5 Å². The molecule has 0 aromatic heterocycles. The van der Waals surface area contributed by atoms with E-state index in [1.165, 1.54) is 6.07 Å². The smallest absolute Gasteiger partial charge is 0.319 e. The third-order valence-electron chi connectivity index (χ3n) is 7.18. The van der Waals surface area contributed by atoms with Gasteiger partial charge >= 0.3 is 5.97 Å². The van der Waals surface area contributed by atoms with Crippen LogP contribution < -0.4 is 21.2 Å².